The molecule has 0 N–H and O–H groups in total. The van der Waals surface area contributed by atoms with Crippen LogP contribution < -0.4 is 0 Å². The van der Waals surface area contributed by atoms with Gasteiger partial charge in [-0.2, -0.15) is 0 Å². The van der Waals surface area contributed by atoms with E-state index in [2.05, 4.69) is 77.8 Å². The number of benzene rings is 1. The molecular formula is C46H80O. The van der Waals surface area contributed by atoms with Crippen molar-refractivity contribution in [3.8, 4) is 0 Å². The van der Waals surface area contributed by atoms with Crippen LogP contribution in [0.1, 0.15) is 196 Å². The predicted octanol–water partition coefficient (Wildman–Crippen LogP) is 15.7. The van der Waals surface area contributed by atoms with Gasteiger partial charge in [0.1, 0.15) is 5.78 Å². The number of hydrogen-bond acceptors (Lipinski definition) is 1. The summed E-state index contributed by atoms with van der Waals surface area (Å²) in [7, 11) is 0. The molecule has 47 heavy (non-hydrogen) atoms. The zero-order valence-corrected chi connectivity index (χ0v) is 33.8. The van der Waals surface area contributed by atoms with Crippen LogP contribution in [0.2, 0.25) is 0 Å². The Bertz CT molecular complexity index is 1020. The fraction of sp³-hybridized carbons (Fsp3) is 0.674. The molecule has 3 rings (SSSR count). The second-order valence-corrected chi connectivity index (χ2v) is 13.5. The van der Waals surface area contributed by atoms with Crippen LogP contribution >= 0.6 is 0 Å². The van der Waals surface area contributed by atoms with Crippen LogP contribution in [0.15, 0.2) is 66.8 Å². The molecule has 0 radical (unpaired) electrons. The number of Topliss-reactive ketones (excluding diaryl/α,β-unsaturated/α-hetero) is 1. The van der Waals surface area contributed by atoms with E-state index >= 15 is 0 Å². The molecule has 2 aliphatic rings. The van der Waals surface area contributed by atoms with Crippen molar-refractivity contribution in [1.29, 1.82) is 0 Å². The lowest BCUT2D eigenvalue weighted by molar-refractivity contribution is -0.120. The minimum atomic E-state index is -0.173. The predicted molar refractivity (Wildman–Crippen MR) is 216 cm³/mol. The molecule has 0 aromatic heterocycles. The smallest absolute Gasteiger partial charge is 0.141 e. The summed E-state index contributed by atoms with van der Waals surface area (Å²) in [6.07, 6.45) is 19.5. The molecule has 0 aliphatic heterocycles. The molecule has 1 aromatic carbocycles. The van der Waals surface area contributed by atoms with E-state index in [-0.39, 0.29) is 11.3 Å². The Labute approximate surface area is 295 Å². The minimum absolute atomic E-state index is 0.0286. The van der Waals surface area contributed by atoms with Crippen molar-refractivity contribution in [1.82, 2.24) is 0 Å². The van der Waals surface area contributed by atoms with Gasteiger partial charge >= 0.3 is 0 Å². The summed E-state index contributed by atoms with van der Waals surface area (Å²) in [5, 5.41) is 0. The lowest BCUT2D eigenvalue weighted by Crippen LogP contribution is -2.20. The summed E-state index contributed by atoms with van der Waals surface area (Å²) in [5.41, 5.74) is 7.50. The largest absolute Gasteiger partial charge is 0.299 e. The molecule has 1 fully saturated rings. The van der Waals surface area contributed by atoms with E-state index < -0.39 is 0 Å². The van der Waals surface area contributed by atoms with Crippen LogP contribution in [0, 0.1) is 17.3 Å². The van der Waals surface area contributed by atoms with Gasteiger partial charge in [0.25, 0.3) is 0 Å². The van der Waals surface area contributed by atoms with Gasteiger partial charge < -0.3 is 0 Å². The molecule has 0 bridgehead atoms. The van der Waals surface area contributed by atoms with Gasteiger partial charge in [0.2, 0.25) is 0 Å². The van der Waals surface area contributed by atoms with Gasteiger partial charge in [-0.1, -0.05) is 188 Å². The van der Waals surface area contributed by atoms with E-state index in [0.29, 0.717) is 24.5 Å². The topological polar surface area (TPSA) is 17.1 Å². The summed E-state index contributed by atoms with van der Waals surface area (Å²) in [6, 6.07) is 8.59. The third-order valence-electron chi connectivity index (χ3n) is 9.46. The summed E-state index contributed by atoms with van der Waals surface area (Å²) >= 11 is 0. The van der Waals surface area contributed by atoms with E-state index in [9.17, 15) is 4.79 Å². The number of allylic oxidation sites excluding steroid dienone is 5. The van der Waals surface area contributed by atoms with Crippen molar-refractivity contribution < 1.29 is 4.79 Å². The standard InChI is InChI=1S/C38H56O.4C2H6/c1-8-9-11-19-32-20-16-21-33(32)26-28(2)24-25-37(39)36(27-29(3)38(5,6)7)35-23-15-14-22-34(35)30(4)31-17-12-10-13-18-31;4*1-2/h14-15,21-23,31-32,36H,2-4,8-13,16-20,24-27H2,1,5-7H3;4*1-2H3. The second kappa shape index (κ2) is 27.8. The first kappa shape index (κ1) is 47.0. The number of hydrogen-bond donors (Lipinski definition) is 0. The van der Waals surface area contributed by atoms with Crippen molar-refractivity contribution in [3.05, 3.63) is 77.9 Å². The van der Waals surface area contributed by atoms with Crippen LogP contribution in [-0.4, -0.2) is 5.78 Å². The van der Waals surface area contributed by atoms with Gasteiger partial charge in [0, 0.05) is 12.3 Å². The number of carbonyl (C=O) groups excluding carboxylic acids is 1. The van der Waals surface area contributed by atoms with Crippen molar-refractivity contribution in [2.45, 2.75) is 185 Å². The van der Waals surface area contributed by atoms with Crippen LogP contribution in [-0.2, 0) is 4.79 Å². The molecule has 0 heterocycles. The highest BCUT2D eigenvalue weighted by atomic mass is 16.1. The van der Waals surface area contributed by atoms with Crippen molar-refractivity contribution in [3.63, 3.8) is 0 Å². The zero-order chi connectivity index (χ0) is 36.4. The van der Waals surface area contributed by atoms with Gasteiger partial charge in [0.15, 0.2) is 0 Å². The van der Waals surface area contributed by atoms with Crippen molar-refractivity contribution in [2.24, 2.45) is 17.3 Å². The molecule has 2 atom stereocenters. The van der Waals surface area contributed by atoms with E-state index in [1.807, 2.05) is 55.4 Å². The Kier molecular flexibility index (Phi) is 27.7. The van der Waals surface area contributed by atoms with Gasteiger partial charge in [-0.15, -0.1) is 0 Å². The highest BCUT2D eigenvalue weighted by Crippen LogP contribution is 2.41. The Balaban J connectivity index is 0. The Morgan fingerprint density at radius 2 is 1.43 bits per heavy atom. The van der Waals surface area contributed by atoms with E-state index in [0.717, 1.165) is 29.9 Å². The molecule has 1 saturated carbocycles. The van der Waals surface area contributed by atoms with Gasteiger partial charge in [-0.3, -0.25) is 4.79 Å². The maximum absolute atomic E-state index is 14.0. The maximum atomic E-state index is 14.0. The average Bonchev–Trinajstić information content (AvgIpc) is 3.55. The summed E-state index contributed by atoms with van der Waals surface area (Å²) in [4.78, 5) is 14.0. The van der Waals surface area contributed by atoms with Crippen molar-refractivity contribution >= 4 is 11.4 Å². The highest BCUT2D eigenvalue weighted by Gasteiger charge is 2.29. The van der Waals surface area contributed by atoms with Crippen LogP contribution in [0.25, 0.3) is 5.57 Å². The molecular weight excluding hydrogens is 569 g/mol. The van der Waals surface area contributed by atoms with E-state index in [4.69, 9.17) is 0 Å². The summed E-state index contributed by atoms with van der Waals surface area (Å²) in [5.74, 6) is 1.41. The molecule has 0 spiro atoms. The van der Waals surface area contributed by atoms with Crippen LogP contribution in [0.3, 0.4) is 0 Å². The Morgan fingerprint density at radius 1 is 0.830 bits per heavy atom. The lowest BCUT2D eigenvalue weighted by atomic mass is 9.74. The maximum Gasteiger partial charge on any atom is 0.141 e. The number of ketones is 1. The Morgan fingerprint density at radius 3 is 2.00 bits per heavy atom. The summed E-state index contributed by atoms with van der Waals surface area (Å²) in [6.45, 7) is 38.4. The monoisotopic (exact) mass is 649 g/mol. The number of rotatable bonds is 15. The first-order chi connectivity index (χ1) is 22.6. The molecule has 0 amide bonds. The average molecular weight is 649 g/mol. The van der Waals surface area contributed by atoms with Crippen molar-refractivity contribution in [2.75, 3.05) is 0 Å². The summed E-state index contributed by atoms with van der Waals surface area (Å²) < 4.78 is 0. The minimum Gasteiger partial charge on any atom is -0.299 e. The second-order valence-electron chi connectivity index (χ2n) is 13.5. The molecule has 270 valence electrons. The lowest BCUT2D eigenvalue weighted by Gasteiger charge is -2.30. The van der Waals surface area contributed by atoms with Gasteiger partial charge in [0.05, 0.1) is 0 Å². The first-order valence-electron chi connectivity index (χ1n) is 20.0. The molecule has 1 nitrogen and oxygen atoms in total. The highest BCUT2D eigenvalue weighted by molar-refractivity contribution is 5.88. The van der Waals surface area contributed by atoms with Crippen LogP contribution in [0.5, 0.6) is 0 Å². The fourth-order valence-corrected chi connectivity index (χ4v) is 6.57. The Hall–Kier alpha value is -2.15. The molecule has 2 unspecified atom stereocenters. The number of unbranched alkanes of at least 4 members (excludes halogenated alkanes) is 2. The molecule has 2 aliphatic carbocycles. The van der Waals surface area contributed by atoms with E-state index in [1.165, 1.54) is 87.3 Å². The normalized spacial score (nSPS) is 16.3. The van der Waals surface area contributed by atoms with E-state index in [1.54, 1.807) is 5.57 Å². The zero-order valence-electron chi connectivity index (χ0n) is 33.8. The first-order valence-corrected chi connectivity index (χ1v) is 20.0. The third kappa shape index (κ3) is 17.2. The van der Waals surface area contributed by atoms with Gasteiger partial charge in [-0.05, 0) is 85.3 Å². The molecule has 1 aromatic rings. The van der Waals surface area contributed by atoms with Gasteiger partial charge in [-0.25, -0.2) is 0 Å². The quantitative estimate of drug-likeness (QED) is 0.137. The third-order valence-corrected chi connectivity index (χ3v) is 9.46. The molecule has 1 heteroatoms. The number of carbonyl (C=O) groups is 1. The fourth-order valence-electron chi connectivity index (χ4n) is 6.57. The van der Waals surface area contributed by atoms with Crippen LogP contribution in [0.4, 0.5) is 0 Å². The molecule has 0 saturated heterocycles. The SMILES string of the molecule is C=C(CCC(=O)C(CC(=C)C(C)(C)C)c1ccccc1C(=C)C1CCCCC1)CC1=CCCC1CCCCC.CC.CC.CC.CC.